The van der Waals surface area contributed by atoms with E-state index in [1.165, 1.54) is 11.1 Å². The highest BCUT2D eigenvalue weighted by Gasteiger charge is 2.08. The molecular formula is C21H27ClO4. The van der Waals surface area contributed by atoms with Crippen LogP contribution in [0.2, 0.25) is 5.02 Å². The summed E-state index contributed by atoms with van der Waals surface area (Å²) in [5, 5.41) is 0.503. The minimum atomic E-state index is -0.393. The van der Waals surface area contributed by atoms with Gasteiger partial charge in [-0.25, -0.2) is 0 Å². The van der Waals surface area contributed by atoms with Crippen LogP contribution in [0.15, 0.2) is 47.6 Å². The average molecular weight is 379 g/mol. The van der Waals surface area contributed by atoms with Gasteiger partial charge in [-0.2, -0.15) is 0 Å². The molecule has 142 valence electrons. The summed E-state index contributed by atoms with van der Waals surface area (Å²) in [6, 6.07) is 6.63. The van der Waals surface area contributed by atoms with Gasteiger partial charge >= 0.3 is 11.9 Å². The SMILES string of the molecule is CC(C)=CCC/C(C)=C/COC(=O)CCCC(=O)Oc1cccc(Cl)c1. The van der Waals surface area contributed by atoms with Gasteiger partial charge < -0.3 is 9.47 Å². The van der Waals surface area contributed by atoms with E-state index in [9.17, 15) is 9.59 Å². The summed E-state index contributed by atoms with van der Waals surface area (Å²) in [5.41, 5.74) is 2.50. The van der Waals surface area contributed by atoms with E-state index in [-0.39, 0.29) is 25.4 Å². The van der Waals surface area contributed by atoms with Gasteiger partial charge in [0.2, 0.25) is 0 Å². The van der Waals surface area contributed by atoms with Crippen molar-refractivity contribution < 1.29 is 19.1 Å². The Labute approximate surface area is 160 Å². The molecule has 0 spiro atoms. The van der Waals surface area contributed by atoms with Crippen molar-refractivity contribution in [2.45, 2.75) is 52.9 Å². The number of rotatable bonds is 10. The number of hydrogen-bond donors (Lipinski definition) is 0. The number of ether oxygens (including phenoxy) is 2. The predicted octanol–water partition coefficient (Wildman–Crippen LogP) is 5.65. The van der Waals surface area contributed by atoms with E-state index >= 15 is 0 Å². The molecule has 0 bridgehead atoms. The van der Waals surface area contributed by atoms with Crippen molar-refractivity contribution in [2.24, 2.45) is 0 Å². The zero-order valence-electron chi connectivity index (χ0n) is 15.7. The fraction of sp³-hybridized carbons (Fsp3) is 0.429. The normalized spacial score (nSPS) is 11.0. The molecule has 0 fully saturated rings. The molecule has 0 saturated heterocycles. The summed E-state index contributed by atoms with van der Waals surface area (Å²) in [6.07, 6.45) is 6.79. The highest BCUT2D eigenvalue weighted by atomic mass is 35.5. The Kier molecular flexibility index (Phi) is 10.4. The fourth-order valence-electron chi connectivity index (χ4n) is 2.13. The fourth-order valence-corrected chi connectivity index (χ4v) is 2.31. The maximum Gasteiger partial charge on any atom is 0.311 e. The lowest BCUT2D eigenvalue weighted by molar-refractivity contribution is -0.142. The molecule has 0 aliphatic rings. The Bertz CT molecular complexity index is 658. The highest BCUT2D eigenvalue weighted by Crippen LogP contribution is 2.17. The lowest BCUT2D eigenvalue weighted by Crippen LogP contribution is -2.10. The largest absolute Gasteiger partial charge is 0.461 e. The lowest BCUT2D eigenvalue weighted by Gasteiger charge is -2.05. The first-order chi connectivity index (χ1) is 12.4. The third-order valence-corrected chi connectivity index (χ3v) is 3.79. The van der Waals surface area contributed by atoms with Crippen molar-refractivity contribution in [3.05, 3.63) is 52.6 Å². The maximum absolute atomic E-state index is 11.7. The topological polar surface area (TPSA) is 52.6 Å². The lowest BCUT2D eigenvalue weighted by atomic mass is 10.1. The summed E-state index contributed by atoms with van der Waals surface area (Å²) >= 11 is 5.83. The zero-order valence-corrected chi connectivity index (χ0v) is 16.5. The van der Waals surface area contributed by atoms with Gasteiger partial charge in [0.05, 0.1) is 0 Å². The van der Waals surface area contributed by atoms with Crippen molar-refractivity contribution in [2.75, 3.05) is 6.61 Å². The predicted molar refractivity (Wildman–Crippen MR) is 104 cm³/mol. The third kappa shape index (κ3) is 10.7. The monoisotopic (exact) mass is 378 g/mol. The van der Waals surface area contributed by atoms with Gasteiger partial charge in [0.15, 0.2) is 0 Å². The highest BCUT2D eigenvalue weighted by molar-refractivity contribution is 6.30. The van der Waals surface area contributed by atoms with E-state index in [1.54, 1.807) is 24.3 Å². The Morgan fingerprint density at radius 3 is 2.46 bits per heavy atom. The second kappa shape index (κ2) is 12.3. The first-order valence-corrected chi connectivity index (χ1v) is 9.15. The average Bonchev–Trinajstić information content (AvgIpc) is 2.54. The molecule has 1 rings (SSSR count). The third-order valence-electron chi connectivity index (χ3n) is 3.56. The summed E-state index contributed by atoms with van der Waals surface area (Å²) in [5.74, 6) is -0.303. The molecule has 0 atom stereocenters. The van der Waals surface area contributed by atoms with Gasteiger partial charge in [-0.15, -0.1) is 0 Å². The first kappa shape index (κ1) is 22.0. The van der Waals surface area contributed by atoms with Gasteiger partial charge in [0.1, 0.15) is 12.4 Å². The second-order valence-electron chi connectivity index (χ2n) is 6.34. The maximum atomic E-state index is 11.7. The number of halogens is 1. The molecule has 26 heavy (non-hydrogen) atoms. The van der Waals surface area contributed by atoms with Crippen molar-refractivity contribution in [3.63, 3.8) is 0 Å². The molecule has 0 N–H and O–H groups in total. The van der Waals surface area contributed by atoms with Crippen molar-refractivity contribution in [1.29, 1.82) is 0 Å². The molecule has 0 aliphatic carbocycles. The molecule has 0 amide bonds. The van der Waals surface area contributed by atoms with Gasteiger partial charge in [0.25, 0.3) is 0 Å². The number of hydrogen-bond acceptors (Lipinski definition) is 4. The summed E-state index contributed by atoms with van der Waals surface area (Å²) in [4.78, 5) is 23.4. The molecular weight excluding hydrogens is 352 g/mol. The molecule has 5 heteroatoms. The van der Waals surface area contributed by atoms with Crippen LogP contribution in [0.25, 0.3) is 0 Å². The summed E-state index contributed by atoms with van der Waals surface area (Å²) in [7, 11) is 0. The number of carbonyl (C=O) groups is 2. The molecule has 0 radical (unpaired) electrons. The molecule has 1 aromatic rings. The van der Waals surface area contributed by atoms with Gasteiger partial charge in [-0.1, -0.05) is 34.9 Å². The van der Waals surface area contributed by atoms with Crippen LogP contribution in [0, 0.1) is 0 Å². The standard InChI is InChI=1S/C21H27ClO4/c1-16(2)7-4-8-17(3)13-14-25-20(23)11-6-12-21(24)26-19-10-5-9-18(22)15-19/h5,7,9-10,13,15H,4,6,8,11-12,14H2,1-3H3/b17-13+. The van der Waals surface area contributed by atoms with Gasteiger partial charge in [-0.05, 0) is 64.3 Å². The van der Waals surface area contributed by atoms with E-state index in [1.807, 2.05) is 13.0 Å². The Hall–Kier alpha value is -2.07. The van der Waals surface area contributed by atoms with E-state index in [0.717, 1.165) is 12.8 Å². The minimum Gasteiger partial charge on any atom is -0.461 e. The van der Waals surface area contributed by atoms with Crippen LogP contribution in [-0.2, 0) is 14.3 Å². The minimum absolute atomic E-state index is 0.152. The summed E-state index contributed by atoms with van der Waals surface area (Å²) in [6.45, 7) is 6.45. The number of carbonyl (C=O) groups excluding carboxylic acids is 2. The van der Waals surface area contributed by atoms with Gasteiger partial charge in [0, 0.05) is 17.9 Å². The van der Waals surface area contributed by atoms with Crippen LogP contribution in [0.4, 0.5) is 0 Å². The second-order valence-corrected chi connectivity index (χ2v) is 6.78. The van der Waals surface area contributed by atoms with E-state index in [0.29, 0.717) is 17.2 Å². The van der Waals surface area contributed by atoms with Crippen LogP contribution < -0.4 is 4.74 Å². The Balaban J connectivity index is 2.18. The van der Waals surface area contributed by atoms with Crippen molar-refractivity contribution >= 4 is 23.5 Å². The van der Waals surface area contributed by atoms with Crippen molar-refractivity contribution in [3.8, 4) is 5.75 Å². The molecule has 0 aromatic heterocycles. The Morgan fingerprint density at radius 2 is 1.77 bits per heavy atom. The molecule has 0 aliphatic heterocycles. The van der Waals surface area contributed by atoms with Crippen molar-refractivity contribution in [1.82, 2.24) is 0 Å². The zero-order chi connectivity index (χ0) is 19.4. The van der Waals surface area contributed by atoms with Crippen LogP contribution in [0.1, 0.15) is 52.9 Å². The summed E-state index contributed by atoms with van der Waals surface area (Å²) < 4.78 is 10.3. The number of benzene rings is 1. The van der Waals surface area contributed by atoms with E-state index in [2.05, 4.69) is 19.9 Å². The van der Waals surface area contributed by atoms with Crippen LogP contribution in [-0.4, -0.2) is 18.5 Å². The molecule has 1 aromatic carbocycles. The molecule has 4 nitrogen and oxygen atoms in total. The smallest absolute Gasteiger partial charge is 0.311 e. The van der Waals surface area contributed by atoms with Gasteiger partial charge in [-0.3, -0.25) is 9.59 Å². The number of allylic oxidation sites excluding steroid dienone is 3. The van der Waals surface area contributed by atoms with Crippen LogP contribution in [0.5, 0.6) is 5.75 Å². The van der Waals surface area contributed by atoms with Crippen LogP contribution >= 0.6 is 11.6 Å². The molecule has 0 saturated carbocycles. The van der Waals surface area contributed by atoms with E-state index in [4.69, 9.17) is 21.1 Å². The Morgan fingerprint density at radius 1 is 1.04 bits per heavy atom. The number of esters is 2. The molecule has 0 heterocycles. The van der Waals surface area contributed by atoms with E-state index < -0.39 is 5.97 Å². The first-order valence-electron chi connectivity index (χ1n) is 8.77. The molecule has 0 unspecified atom stereocenters. The quantitative estimate of drug-likeness (QED) is 0.300. The van der Waals surface area contributed by atoms with Crippen LogP contribution in [0.3, 0.4) is 0 Å².